The first kappa shape index (κ1) is 29.7. The van der Waals surface area contributed by atoms with Crippen LogP contribution in [0.2, 0.25) is 5.02 Å². The molecule has 1 aromatic heterocycles. The van der Waals surface area contributed by atoms with Gasteiger partial charge in [-0.15, -0.1) is 0 Å². The molecule has 0 bridgehead atoms. The molecule has 208 valence electrons. The Morgan fingerprint density at radius 3 is 2.49 bits per heavy atom. The Balaban J connectivity index is 1.65. The van der Waals surface area contributed by atoms with Crippen LogP contribution in [0.3, 0.4) is 0 Å². The molecule has 3 amide bonds. The number of aryl methyl sites for hydroxylation is 2. The summed E-state index contributed by atoms with van der Waals surface area (Å²) in [7, 11) is 0. The largest absolute Gasteiger partial charge is 0.481 e. The Morgan fingerprint density at radius 1 is 1.00 bits per heavy atom. The number of benzene rings is 2. The van der Waals surface area contributed by atoms with Gasteiger partial charge >= 0.3 is 5.97 Å². The molecule has 9 nitrogen and oxygen atoms in total. The summed E-state index contributed by atoms with van der Waals surface area (Å²) in [6.45, 7) is 3.76. The molecule has 0 saturated carbocycles. The molecule has 0 fully saturated rings. The van der Waals surface area contributed by atoms with Gasteiger partial charge in [-0.3, -0.25) is 19.2 Å². The Hall–Kier alpha value is -3.85. The number of nitrogens with one attached hydrogen (secondary N) is 4. The highest BCUT2D eigenvalue weighted by atomic mass is 35.5. The highest BCUT2D eigenvalue weighted by molar-refractivity contribution is 6.31. The highest BCUT2D eigenvalue weighted by Crippen LogP contribution is 2.19. The standard InChI is InChI=1S/C29H35ClN4O5/c1-3-4-9-25(33-26(35)14-11-20-17-31-23-8-6-5-7-21(20)23)34-29(39)24(13-15-27(36)37)32-28(38)19-10-12-22(30)18(2)16-19/h5-8,10,12,16-17,24-25,31H,3-4,9,11,13-15H2,1-2H3,(H,32,38)(H,33,35)(H,34,39)(H,36,37). The Labute approximate surface area is 232 Å². The van der Waals surface area contributed by atoms with Gasteiger partial charge in [-0.2, -0.15) is 0 Å². The third kappa shape index (κ3) is 8.85. The van der Waals surface area contributed by atoms with E-state index in [-0.39, 0.29) is 25.2 Å². The summed E-state index contributed by atoms with van der Waals surface area (Å²) < 4.78 is 0. The lowest BCUT2D eigenvalue weighted by Gasteiger charge is -2.24. The molecule has 0 aliphatic rings. The van der Waals surface area contributed by atoms with Crippen LogP contribution in [0.15, 0.2) is 48.7 Å². The number of carboxylic acid groups (broad SMARTS) is 1. The summed E-state index contributed by atoms with van der Waals surface area (Å²) in [5, 5.41) is 19.1. The number of para-hydroxylation sites is 1. The Kier molecular flexibility index (Phi) is 10.9. The first-order valence-electron chi connectivity index (χ1n) is 13.1. The fourth-order valence-corrected chi connectivity index (χ4v) is 4.40. The van der Waals surface area contributed by atoms with Crippen molar-refractivity contribution in [2.45, 2.75) is 71.0 Å². The van der Waals surface area contributed by atoms with E-state index < -0.39 is 30.0 Å². The molecular weight excluding hydrogens is 520 g/mol. The number of aromatic nitrogens is 1. The van der Waals surface area contributed by atoms with Gasteiger partial charge < -0.3 is 26.0 Å². The minimum Gasteiger partial charge on any atom is -0.481 e. The maximum Gasteiger partial charge on any atom is 0.303 e. The number of amides is 3. The van der Waals surface area contributed by atoms with E-state index in [1.54, 1.807) is 19.1 Å². The molecule has 3 aromatic rings. The average molecular weight is 555 g/mol. The molecule has 10 heteroatoms. The number of aliphatic carboxylic acids is 1. The third-order valence-corrected chi connectivity index (χ3v) is 6.91. The summed E-state index contributed by atoms with van der Waals surface area (Å²) in [6.07, 6.45) is 3.69. The molecule has 2 atom stereocenters. The van der Waals surface area contributed by atoms with Gasteiger partial charge in [-0.1, -0.05) is 43.1 Å². The normalized spacial score (nSPS) is 12.5. The van der Waals surface area contributed by atoms with E-state index >= 15 is 0 Å². The van der Waals surface area contributed by atoms with Gasteiger partial charge in [-0.25, -0.2) is 0 Å². The Bertz CT molecular complexity index is 1320. The van der Waals surface area contributed by atoms with E-state index in [2.05, 4.69) is 20.9 Å². The molecule has 39 heavy (non-hydrogen) atoms. The topological polar surface area (TPSA) is 140 Å². The fraction of sp³-hybridized carbons (Fsp3) is 0.379. The zero-order valence-corrected chi connectivity index (χ0v) is 22.9. The number of carboxylic acids is 1. The van der Waals surface area contributed by atoms with Crippen LogP contribution in [0.5, 0.6) is 0 Å². The second-order valence-corrected chi connectivity index (χ2v) is 9.96. The van der Waals surface area contributed by atoms with E-state index in [1.165, 1.54) is 6.07 Å². The van der Waals surface area contributed by atoms with Crippen LogP contribution in [0.1, 0.15) is 66.9 Å². The lowest BCUT2D eigenvalue weighted by atomic mass is 10.1. The molecule has 2 aromatic carbocycles. The van der Waals surface area contributed by atoms with E-state index in [0.29, 0.717) is 29.0 Å². The van der Waals surface area contributed by atoms with Crippen molar-refractivity contribution in [3.05, 3.63) is 70.4 Å². The van der Waals surface area contributed by atoms with E-state index in [4.69, 9.17) is 16.7 Å². The minimum atomic E-state index is -1.10. The molecule has 0 spiro atoms. The summed E-state index contributed by atoms with van der Waals surface area (Å²) in [5.41, 5.74) is 3.04. The van der Waals surface area contributed by atoms with Crippen molar-refractivity contribution in [1.29, 1.82) is 0 Å². The van der Waals surface area contributed by atoms with Gasteiger partial charge in [0.2, 0.25) is 11.8 Å². The van der Waals surface area contributed by atoms with E-state index in [0.717, 1.165) is 29.3 Å². The van der Waals surface area contributed by atoms with Crippen LogP contribution >= 0.6 is 11.6 Å². The van der Waals surface area contributed by atoms with Gasteiger partial charge in [0, 0.05) is 40.5 Å². The number of rotatable bonds is 14. The number of hydrogen-bond donors (Lipinski definition) is 5. The quantitative estimate of drug-likeness (QED) is 0.187. The maximum atomic E-state index is 13.2. The first-order valence-corrected chi connectivity index (χ1v) is 13.5. The van der Waals surface area contributed by atoms with Crippen molar-refractivity contribution in [2.24, 2.45) is 0 Å². The van der Waals surface area contributed by atoms with Gasteiger partial charge in [-0.05, 0) is 68.0 Å². The molecule has 1 heterocycles. The van der Waals surface area contributed by atoms with Gasteiger partial charge in [0.15, 0.2) is 0 Å². The van der Waals surface area contributed by atoms with Crippen LogP contribution in [0.25, 0.3) is 10.9 Å². The molecule has 5 N–H and O–H groups in total. The molecular formula is C29H35ClN4O5. The van der Waals surface area contributed by atoms with Crippen molar-refractivity contribution >= 4 is 46.2 Å². The lowest BCUT2D eigenvalue weighted by Crippen LogP contribution is -2.54. The monoisotopic (exact) mass is 554 g/mol. The zero-order chi connectivity index (χ0) is 28.4. The summed E-state index contributed by atoms with van der Waals surface area (Å²) in [4.78, 5) is 53.2. The molecule has 0 saturated heterocycles. The van der Waals surface area contributed by atoms with Crippen molar-refractivity contribution < 1.29 is 24.3 Å². The molecule has 0 radical (unpaired) electrons. The van der Waals surface area contributed by atoms with Crippen LogP contribution in [-0.4, -0.2) is 46.0 Å². The van der Waals surface area contributed by atoms with Crippen LogP contribution in [0, 0.1) is 6.92 Å². The summed E-state index contributed by atoms with van der Waals surface area (Å²) in [5.74, 6) is -2.39. The molecule has 3 rings (SSSR count). The Morgan fingerprint density at radius 2 is 1.77 bits per heavy atom. The number of aromatic amines is 1. The van der Waals surface area contributed by atoms with Crippen molar-refractivity contribution in [3.8, 4) is 0 Å². The summed E-state index contributed by atoms with van der Waals surface area (Å²) in [6, 6.07) is 11.5. The lowest BCUT2D eigenvalue weighted by molar-refractivity contribution is -0.137. The predicted octanol–water partition coefficient (Wildman–Crippen LogP) is 4.47. The highest BCUT2D eigenvalue weighted by Gasteiger charge is 2.25. The predicted molar refractivity (Wildman–Crippen MR) is 151 cm³/mol. The van der Waals surface area contributed by atoms with Gasteiger partial charge in [0.25, 0.3) is 5.91 Å². The minimum absolute atomic E-state index is 0.103. The molecule has 2 unspecified atom stereocenters. The number of fused-ring (bicyclic) bond motifs is 1. The first-order chi connectivity index (χ1) is 18.7. The van der Waals surface area contributed by atoms with Gasteiger partial charge in [0.1, 0.15) is 12.2 Å². The second-order valence-electron chi connectivity index (χ2n) is 9.55. The smallest absolute Gasteiger partial charge is 0.303 e. The molecule has 0 aliphatic carbocycles. The number of halogens is 1. The van der Waals surface area contributed by atoms with Crippen LogP contribution in [0.4, 0.5) is 0 Å². The number of carbonyl (C=O) groups excluding carboxylic acids is 3. The second kappa shape index (κ2) is 14.3. The SMILES string of the molecule is CCCCC(NC(=O)CCc1c[nH]c2ccccc12)NC(=O)C(CCC(=O)O)NC(=O)c1ccc(Cl)c(C)c1. The van der Waals surface area contributed by atoms with Crippen molar-refractivity contribution in [2.75, 3.05) is 0 Å². The third-order valence-electron chi connectivity index (χ3n) is 6.48. The molecule has 0 aliphatic heterocycles. The number of unbranched alkanes of at least 4 members (excludes halogenated alkanes) is 1. The van der Waals surface area contributed by atoms with Crippen LogP contribution < -0.4 is 16.0 Å². The van der Waals surface area contributed by atoms with Gasteiger partial charge in [0.05, 0.1) is 0 Å². The van der Waals surface area contributed by atoms with Crippen molar-refractivity contribution in [1.82, 2.24) is 20.9 Å². The van der Waals surface area contributed by atoms with Crippen molar-refractivity contribution in [3.63, 3.8) is 0 Å². The number of hydrogen-bond acceptors (Lipinski definition) is 4. The zero-order valence-electron chi connectivity index (χ0n) is 22.2. The van der Waals surface area contributed by atoms with Crippen LogP contribution in [-0.2, 0) is 20.8 Å². The number of carbonyl (C=O) groups is 4. The summed E-state index contributed by atoms with van der Waals surface area (Å²) >= 11 is 6.05. The average Bonchev–Trinajstić information content (AvgIpc) is 3.32. The number of H-pyrrole nitrogens is 1. The van der Waals surface area contributed by atoms with E-state index in [1.807, 2.05) is 37.4 Å². The fourth-order valence-electron chi connectivity index (χ4n) is 4.28. The maximum absolute atomic E-state index is 13.2. The van der Waals surface area contributed by atoms with E-state index in [9.17, 15) is 19.2 Å².